The zero-order valence-corrected chi connectivity index (χ0v) is 10.7. The quantitative estimate of drug-likeness (QED) is 0.684. The smallest absolute Gasteiger partial charge is 0.267 e. The highest BCUT2D eigenvalue weighted by molar-refractivity contribution is 5.80. The molecule has 3 nitrogen and oxygen atoms in total. The molecule has 0 aliphatic carbocycles. The van der Waals surface area contributed by atoms with Gasteiger partial charge in [0.25, 0.3) is 5.56 Å². The molecule has 1 aromatic carbocycles. The summed E-state index contributed by atoms with van der Waals surface area (Å²) >= 11 is 0. The Labute approximate surface area is 96.7 Å². The minimum Gasteiger partial charge on any atom is -0.267 e. The van der Waals surface area contributed by atoms with Crippen LogP contribution in [-0.4, -0.2) is 9.78 Å². The summed E-state index contributed by atoms with van der Waals surface area (Å²) in [6.07, 6.45) is 1.69. The van der Waals surface area contributed by atoms with Crippen molar-refractivity contribution in [2.75, 3.05) is 0 Å². The van der Waals surface area contributed by atoms with E-state index < -0.39 is 0 Å². The third-order valence-electron chi connectivity index (χ3n) is 1.86. The van der Waals surface area contributed by atoms with Crippen molar-refractivity contribution in [3.8, 4) is 0 Å². The van der Waals surface area contributed by atoms with Crippen LogP contribution in [0.1, 0.15) is 27.7 Å². The average Bonchev–Trinajstić information content (AvgIpc) is 2.39. The molecule has 0 saturated carbocycles. The standard InChI is InChI=1S/C9H8N2O.2C2H6/c1-11-9(12)8-5-3-2-4-7(8)6-10-11;2*1-2/h2-6H,1H3;2*1-2H3. The summed E-state index contributed by atoms with van der Waals surface area (Å²) in [6.45, 7) is 8.00. The van der Waals surface area contributed by atoms with Crippen molar-refractivity contribution >= 4 is 10.8 Å². The number of benzene rings is 1. The second kappa shape index (κ2) is 7.63. The number of rotatable bonds is 0. The monoisotopic (exact) mass is 220 g/mol. The van der Waals surface area contributed by atoms with Crippen LogP contribution in [0, 0.1) is 0 Å². The van der Waals surface area contributed by atoms with E-state index in [1.165, 1.54) is 4.68 Å². The van der Waals surface area contributed by atoms with Gasteiger partial charge < -0.3 is 0 Å². The zero-order valence-electron chi connectivity index (χ0n) is 10.7. The minimum absolute atomic E-state index is 0.0481. The molecule has 3 heteroatoms. The van der Waals surface area contributed by atoms with Crippen LogP contribution in [0.4, 0.5) is 0 Å². The number of hydrogen-bond donors (Lipinski definition) is 0. The van der Waals surface area contributed by atoms with Crippen molar-refractivity contribution in [3.63, 3.8) is 0 Å². The molecule has 0 fully saturated rings. The van der Waals surface area contributed by atoms with E-state index in [4.69, 9.17) is 0 Å². The van der Waals surface area contributed by atoms with Gasteiger partial charge >= 0.3 is 0 Å². The Bertz CT molecular complexity index is 475. The van der Waals surface area contributed by atoms with Crippen LogP contribution in [-0.2, 0) is 7.05 Å². The molecule has 0 atom stereocenters. The Balaban J connectivity index is 0.000000509. The van der Waals surface area contributed by atoms with E-state index in [0.29, 0.717) is 0 Å². The topological polar surface area (TPSA) is 34.9 Å². The van der Waals surface area contributed by atoms with E-state index in [-0.39, 0.29) is 5.56 Å². The lowest BCUT2D eigenvalue weighted by Gasteiger charge is -1.97. The van der Waals surface area contributed by atoms with Crippen LogP contribution < -0.4 is 5.56 Å². The molecular formula is C13H20N2O. The maximum atomic E-state index is 11.4. The Morgan fingerprint density at radius 1 is 1.06 bits per heavy atom. The fourth-order valence-corrected chi connectivity index (χ4v) is 1.18. The van der Waals surface area contributed by atoms with Crippen LogP contribution in [0.3, 0.4) is 0 Å². The summed E-state index contributed by atoms with van der Waals surface area (Å²) in [5.74, 6) is 0. The van der Waals surface area contributed by atoms with Crippen LogP contribution in [0.5, 0.6) is 0 Å². The molecule has 0 spiro atoms. The first-order valence-electron chi connectivity index (χ1n) is 5.70. The first-order chi connectivity index (χ1) is 7.79. The van der Waals surface area contributed by atoms with Crippen molar-refractivity contribution in [2.45, 2.75) is 27.7 Å². The van der Waals surface area contributed by atoms with E-state index in [0.717, 1.165) is 10.8 Å². The summed E-state index contributed by atoms with van der Waals surface area (Å²) in [5, 5.41) is 5.52. The summed E-state index contributed by atoms with van der Waals surface area (Å²) in [4.78, 5) is 11.4. The molecule has 0 aliphatic heterocycles. The molecule has 1 heterocycles. The molecular weight excluding hydrogens is 200 g/mol. The molecule has 1 aromatic heterocycles. The number of aryl methyl sites for hydroxylation is 1. The third-order valence-corrected chi connectivity index (χ3v) is 1.86. The van der Waals surface area contributed by atoms with Gasteiger partial charge in [-0.2, -0.15) is 5.10 Å². The Morgan fingerprint density at radius 3 is 2.25 bits per heavy atom. The maximum Gasteiger partial charge on any atom is 0.274 e. The largest absolute Gasteiger partial charge is 0.274 e. The van der Waals surface area contributed by atoms with Gasteiger partial charge in [0.2, 0.25) is 0 Å². The van der Waals surface area contributed by atoms with Crippen molar-refractivity contribution in [1.82, 2.24) is 9.78 Å². The fourth-order valence-electron chi connectivity index (χ4n) is 1.18. The molecule has 88 valence electrons. The first kappa shape index (κ1) is 14.4. The van der Waals surface area contributed by atoms with Gasteiger partial charge in [0.05, 0.1) is 11.6 Å². The Kier molecular flexibility index (Phi) is 6.84. The highest BCUT2D eigenvalue weighted by Crippen LogP contribution is 2.05. The highest BCUT2D eigenvalue weighted by Gasteiger charge is 1.97. The summed E-state index contributed by atoms with van der Waals surface area (Å²) < 4.78 is 1.34. The average molecular weight is 220 g/mol. The second-order valence-electron chi connectivity index (χ2n) is 2.66. The molecule has 16 heavy (non-hydrogen) atoms. The van der Waals surface area contributed by atoms with Crippen LogP contribution in [0.2, 0.25) is 0 Å². The fraction of sp³-hybridized carbons (Fsp3) is 0.385. The normalized spacial score (nSPS) is 8.56. The van der Waals surface area contributed by atoms with Gasteiger partial charge in [0, 0.05) is 12.4 Å². The number of fused-ring (bicyclic) bond motifs is 1. The van der Waals surface area contributed by atoms with Gasteiger partial charge in [-0.15, -0.1) is 0 Å². The predicted octanol–water partition coefficient (Wildman–Crippen LogP) is 2.99. The predicted molar refractivity (Wildman–Crippen MR) is 69.7 cm³/mol. The Hall–Kier alpha value is -1.64. The van der Waals surface area contributed by atoms with Crippen molar-refractivity contribution in [3.05, 3.63) is 40.8 Å². The van der Waals surface area contributed by atoms with Gasteiger partial charge in [-0.3, -0.25) is 4.79 Å². The van der Waals surface area contributed by atoms with Crippen LogP contribution in [0.15, 0.2) is 35.3 Å². The number of aromatic nitrogens is 2. The van der Waals surface area contributed by atoms with Gasteiger partial charge in [0.15, 0.2) is 0 Å². The molecule has 2 aromatic rings. The molecule has 0 N–H and O–H groups in total. The van der Waals surface area contributed by atoms with Gasteiger partial charge in [-0.25, -0.2) is 4.68 Å². The molecule has 0 bridgehead atoms. The van der Waals surface area contributed by atoms with Crippen LogP contribution >= 0.6 is 0 Å². The zero-order chi connectivity index (χ0) is 12.6. The molecule has 0 radical (unpaired) electrons. The van der Waals surface area contributed by atoms with E-state index in [1.807, 2.05) is 45.9 Å². The lowest BCUT2D eigenvalue weighted by Crippen LogP contribution is -2.18. The maximum absolute atomic E-state index is 11.4. The lowest BCUT2D eigenvalue weighted by atomic mass is 10.2. The number of hydrogen-bond acceptors (Lipinski definition) is 2. The molecule has 0 unspecified atom stereocenters. The molecule has 0 saturated heterocycles. The molecule has 0 amide bonds. The SMILES string of the molecule is CC.CC.Cn1ncc2ccccc2c1=O. The first-order valence-corrected chi connectivity index (χ1v) is 5.70. The highest BCUT2D eigenvalue weighted by atomic mass is 16.1. The van der Waals surface area contributed by atoms with E-state index in [2.05, 4.69) is 5.10 Å². The molecule has 2 rings (SSSR count). The van der Waals surface area contributed by atoms with Gasteiger partial charge in [-0.1, -0.05) is 45.9 Å². The summed E-state index contributed by atoms with van der Waals surface area (Å²) in [6, 6.07) is 7.43. The second-order valence-corrected chi connectivity index (χ2v) is 2.66. The Morgan fingerprint density at radius 2 is 1.62 bits per heavy atom. The summed E-state index contributed by atoms with van der Waals surface area (Å²) in [7, 11) is 1.65. The van der Waals surface area contributed by atoms with Gasteiger partial charge in [-0.05, 0) is 6.07 Å². The van der Waals surface area contributed by atoms with E-state index in [1.54, 1.807) is 19.3 Å². The van der Waals surface area contributed by atoms with Crippen LogP contribution in [0.25, 0.3) is 10.8 Å². The van der Waals surface area contributed by atoms with Crippen molar-refractivity contribution < 1.29 is 0 Å². The van der Waals surface area contributed by atoms with Gasteiger partial charge in [0.1, 0.15) is 0 Å². The van der Waals surface area contributed by atoms with E-state index >= 15 is 0 Å². The van der Waals surface area contributed by atoms with E-state index in [9.17, 15) is 4.79 Å². The lowest BCUT2D eigenvalue weighted by molar-refractivity contribution is 0.718. The van der Waals surface area contributed by atoms with Crippen molar-refractivity contribution in [2.24, 2.45) is 7.05 Å². The third kappa shape index (κ3) is 3.19. The summed E-state index contributed by atoms with van der Waals surface area (Å²) in [5.41, 5.74) is -0.0481. The number of nitrogens with zero attached hydrogens (tertiary/aromatic N) is 2. The molecule has 0 aliphatic rings. The minimum atomic E-state index is -0.0481. The van der Waals surface area contributed by atoms with Crippen molar-refractivity contribution in [1.29, 1.82) is 0 Å².